The summed E-state index contributed by atoms with van der Waals surface area (Å²) in [7, 11) is -0.391. The van der Waals surface area contributed by atoms with Crippen LogP contribution in [0.25, 0.3) is 0 Å². The fourth-order valence-corrected chi connectivity index (χ4v) is 4.68. The van der Waals surface area contributed by atoms with Crippen molar-refractivity contribution in [3.05, 3.63) is 42.2 Å². The number of para-hydroxylation sites is 2. The van der Waals surface area contributed by atoms with Crippen LogP contribution in [0.2, 0.25) is 0 Å². The first-order chi connectivity index (χ1) is 12.4. The van der Waals surface area contributed by atoms with E-state index < -0.39 is 15.9 Å². The minimum absolute atomic E-state index is 0.145. The van der Waals surface area contributed by atoms with E-state index >= 15 is 0 Å². The highest BCUT2D eigenvalue weighted by Gasteiger charge is 2.28. The Hall–Kier alpha value is -2.32. The van der Waals surface area contributed by atoms with Crippen LogP contribution in [0.15, 0.2) is 41.4 Å². The van der Waals surface area contributed by atoms with Gasteiger partial charge >= 0.3 is 0 Å². The van der Waals surface area contributed by atoms with Crippen molar-refractivity contribution in [3.63, 3.8) is 0 Å². The third-order valence-corrected chi connectivity index (χ3v) is 6.38. The van der Waals surface area contributed by atoms with Crippen molar-refractivity contribution >= 4 is 21.6 Å². The number of nitrogens with zero attached hydrogens (tertiary/aromatic N) is 2. The number of hydrogen-bond acceptors (Lipinski definition) is 4. The van der Waals surface area contributed by atoms with Gasteiger partial charge in [0.25, 0.3) is 5.91 Å². The Morgan fingerprint density at radius 2 is 1.85 bits per heavy atom. The minimum Gasteiger partial charge on any atom is -0.495 e. The molecule has 1 amide bonds. The Balaban J connectivity index is 1.84. The second kappa shape index (κ2) is 7.51. The van der Waals surface area contributed by atoms with Gasteiger partial charge in [-0.2, -0.15) is 4.31 Å². The van der Waals surface area contributed by atoms with E-state index in [1.165, 1.54) is 28.2 Å². The van der Waals surface area contributed by atoms with Gasteiger partial charge in [0.05, 0.1) is 12.8 Å². The molecule has 0 atom stereocenters. The maximum Gasteiger partial charge on any atom is 0.272 e. The molecular weight excluding hydrogens is 354 g/mol. The van der Waals surface area contributed by atoms with Gasteiger partial charge in [-0.15, -0.1) is 0 Å². The van der Waals surface area contributed by atoms with Crippen LogP contribution in [0.3, 0.4) is 0 Å². The number of aromatic nitrogens is 1. The van der Waals surface area contributed by atoms with Crippen molar-refractivity contribution in [3.8, 4) is 5.75 Å². The fraction of sp³-hybridized carbons (Fsp3) is 0.389. The van der Waals surface area contributed by atoms with Crippen LogP contribution in [0.5, 0.6) is 5.75 Å². The summed E-state index contributed by atoms with van der Waals surface area (Å²) in [5, 5.41) is 2.77. The molecule has 0 unspecified atom stereocenters. The van der Waals surface area contributed by atoms with E-state index in [-0.39, 0.29) is 10.6 Å². The van der Waals surface area contributed by atoms with Crippen LogP contribution in [-0.4, -0.2) is 43.4 Å². The summed E-state index contributed by atoms with van der Waals surface area (Å²) in [5.41, 5.74) is 0.799. The SMILES string of the molecule is COc1ccccc1NC(=O)c1cc(S(=O)(=O)N2CCCCC2)cn1C. The number of nitrogens with one attached hydrogen (secondary N) is 1. The zero-order valence-corrected chi connectivity index (χ0v) is 15.8. The molecule has 2 aromatic rings. The standard InChI is InChI=1S/C18H23N3O4S/c1-20-13-14(26(23,24)21-10-6-3-7-11-21)12-16(20)18(22)19-15-8-4-5-9-17(15)25-2/h4-5,8-9,12-13H,3,6-7,10-11H2,1-2H3,(H,19,22). The van der Waals surface area contributed by atoms with Gasteiger partial charge in [0, 0.05) is 26.3 Å². The normalized spacial score (nSPS) is 15.6. The molecule has 0 saturated carbocycles. The number of benzene rings is 1. The quantitative estimate of drug-likeness (QED) is 0.868. The van der Waals surface area contributed by atoms with Crippen LogP contribution in [0.4, 0.5) is 5.69 Å². The summed E-state index contributed by atoms with van der Waals surface area (Å²) in [6.07, 6.45) is 4.27. The number of rotatable bonds is 5. The highest BCUT2D eigenvalue weighted by molar-refractivity contribution is 7.89. The predicted molar refractivity (Wildman–Crippen MR) is 99.0 cm³/mol. The summed E-state index contributed by atoms with van der Waals surface area (Å²) in [6.45, 7) is 1.06. The number of carbonyl (C=O) groups excluding carboxylic acids is 1. The molecule has 0 radical (unpaired) electrons. The molecular formula is C18H23N3O4S. The average molecular weight is 377 g/mol. The number of amides is 1. The van der Waals surface area contributed by atoms with E-state index in [1.54, 1.807) is 31.3 Å². The number of methoxy groups -OCH3 is 1. The zero-order valence-electron chi connectivity index (χ0n) is 14.9. The van der Waals surface area contributed by atoms with Crippen LogP contribution in [0.1, 0.15) is 29.8 Å². The summed E-state index contributed by atoms with van der Waals surface area (Å²) in [6, 6.07) is 8.49. The predicted octanol–water partition coefficient (Wildman–Crippen LogP) is 2.46. The largest absolute Gasteiger partial charge is 0.495 e. The molecule has 1 aromatic heterocycles. The Kier molecular flexibility index (Phi) is 5.33. The molecule has 3 rings (SSSR count). The Bertz CT molecular complexity index is 899. The lowest BCUT2D eigenvalue weighted by Gasteiger charge is -2.25. The lowest BCUT2D eigenvalue weighted by Crippen LogP contribution is -2.35. The Morgan fingerprint density at radius 1 is 1.15 bits per heavy atom. The van der Waals surface area contributed by atoms with E-state index in [1.807, 2.05) is 0 Å². The number of ether oxygens (including phenoxy) is 1. The van der Waals surface area contributed by atoms with Crippen molar-refractivity contribution in [2.45, 2.75) is 24.2 Å². The van der Waals surface area contributed by atoms with Gasteiger partial charge in [-0.1, -0.05) is 18.6 Å². The smallest absolute Gasteiger partial charge is 0.272 e. The molecule has 140 valence electrons. The third-order valence-electron chi connectivity index (χ3n) is 4.52. The van der Waals surface area contributed by atoms with Gasteiger partial charge in [-0.3, -0.25) is 4.79 Å². The summed E-state index contributed by atoms with van der Waals surface area (Å²) >= 11 is 0. The van der Waals surface area contributed by atoms with Crippen molar-refractivity contribution in [1.29, 1.82) is 0 Å². The maximum absolute atomic E-state index is 12.8. The molecule has 26 heavy (non-hydrogen) atoms. The molecule has 1 N–H and O–H groups in total. The summed E-state index contributed by atoms with van der Waals surface area (Å²) in [4.78, 5) is 12.8. The molecule has 2 heterocycles. The number of anilines is 1. The van der Waals surface area contributed by atoms with Crippen molar-refractivity contribution in [2.75, 3.05) is 25.5 Å². The number of piperidine rings is 1. The summed E-state index contributed by atoms with van der Waals surface area (Å²) in [5.74, 6) is 0.147. The van der Waals surface area contributed by atoms with Crippen molar-refractivity contribution < 1.29 is 17.9 Å². The first-order valence-corrected chi connectivity index (χ1v) is 9.98. The number of carbonyl (C=O) groups is 1. The second-order valence-corrected chi connectivity index (χ2v) is 8.23. The first kappa shape index (κ1) is 18.5. The van der Waals surface area contributed by atoms with Gasteiger partial charge < -0.3 is 14.6 Å². The van der Waals surface area contributed by atoms with Gasteiger partial charge in [-0.25, -0.2) is 8.42 Å². The van der Waals surface area contributed by atoms with Crippen LogP contribution in [0, 0.1) is 0 Å². The molecule has 0 aliphatic carbocycles. The topological polar surface area (TPSA) is 80.6 Å². The van der Waals surface area contributed by atoms with E-state index in [2.05, 4.69) is 5.32 Å². The first-order valence-electron chi connectivity index (χ1n) is 8.54. The maximum atomic E-state index is 12.8. The van der Waals surface area contributed by atoms with Crippen molar-refractivity contribution in [2.24, 2.45) is 7.05 Å². The average Bonchev–Trinajstić information content (AvgIpc) is 3.05. The van der Waals surface area contributed by atoms with E-state index in [4.69, 9.17) is 4.74 Å². The Labute approximate surface area is 153 Å². The van der Waals surface area contributed by atoms with Gasteiger partial charge in [0.15, 0.2) is 0 Å². The number of aryl methyl sites for hydroxylation is 1. The number of hydrogen-bond donors (Lipinski definition) is 1. The lowest BCUT2D eigenvalue weighted by molar-refractivity contribution is 0.101. The van der Waals surface area contributed by atoms with Crippen LogP contribution < -0.4 is 10.1 Å². The molecule has 1 aliphatic heterocycles. The molecule has 1 aromatic carbocycles. The third kappa shape index (κ3) is 3.61. The lowest BCUT2D eigenvalue weighted by atomic mass is 10.2. The monoisotopic (exact) mass is 377 g/mol. The highest BCUT2D eigenvalue weighted by Crippen LogP contribution is 2.25. The fourth-order valence-electron chi connectivity index (χ4n) is 3.09. The number of sulfonamides is 1. The molecule has 1 fully saturated rings. The minimum atomic E-state index is -3.58. The molecule has 1 aliphatic rings. The van der Waals surface area contributed by atoms with Gasteiger partial charge in [0.2, 0.25) is 10.0 Å². The van der Waals surface area contributed by atoms with Crippen molar-refractivity contribution in [1.82, 2.24) is 8.87 Å². The molecule has 0 spiro atoms. The second-order valence-electron chi connectivity index (χ2n) is 6.29. The molecule has 7 nitrogen and oxygen atoms in total. The summed E-state index contributed by atoms with van der Waals surface area (Å²) < 4.78 is 33.8. The van der Waals surface area contributed by atoms with E-state index in [0.29, 0.717) is 24.5 Å². The van der Waals surface area contributed by atoms with E-state index in [0.717, 1.165) is 19.3 Å². The zero-order chi connectivity index (χ0) is 18.7. The molecule has 1 saturated heterocycles. The van der Waals surface area contributed by atoms with E-state index in [9.17, 15) is 13.2 Å². The molecule has 8 heteroatoms. The molecule has 0 bridgehead atoms. The van der Waals surface area contributed by atoms with Gasteiger partial charge in [0.1, 0.15) is 16.3 Å². The highest BCUT2D eigenvalue weighted by atomic mass is 32.2. The Morgan fingerprint density at radius 3 is 2.54 bits per heavy atom. The van der Waals surface area contributed by atoms with Gasteiger partial charge in [-0.05, 0) is 31.0 Å². The van der Waals surface area contributed by atoms with Crippen LogP contribution >= 0.6 is 0 Å². The van der Waals surface area contributed by atoms with Crippen LogP contribution in [-0.2, 0) is 17.1 Å².